The number of carboxylic acid groups (broad SMARTS) is 1. The van der Waals surface area contributed by atoms with Crippen LogP contribution >= 0.6 is 0 Å². The average molecular weight is 422 g/mol. The Morgan fingerprint density at radius 3 is 2.23 bits per heavy atom. The molecule has 0 aromatic heterocycles. The highest BCUT2D eigenvalue weighted by Gasteiger charge is 2.19. The summed E-state index contributed by atoms with van der Waals surface area (Å²) in [6, 6.07) is 5.52. The van der Waals surface area contributed by atoms with Crippen molar-refractivity contribution in [2.45, 2.75) is 51.7 Å². The summed E-state index contributed by atoms with van der Waals surface area (Å²) in [6.45, 7) is 3.07. The lowest BCUT2D eigenvalue weighted by atomic mass is 10.0. The molecule has 0 saturated carbocycles. The molecule has 0 aliphatic heterocycles. The molecule has 0 spiro atoms. The molecule has 1 rings (SSSR count). The molecule has 9 heteroatoms. The van der Waals surface area contributed by atoms with E-state index < -0.39 is 30.1 Å². The van der Waals surface area contributed by atoms with E-state index in [2.05, 4.69) is 0 Å². The number of carbonyl (C=O) groups excluding carboxylic acids is 3. The molecule has 0 heterocycles. The molecule has 1 aromatic carbocycles. The van der Waals surface area contributed by atoms with Crippen LogP contribution < -0.4 is 5.73 Å². The second kappa shape index (κ2) is 12.6. The van der Waals surface area contributed by atoms with Crippen LogP contribution in [0.5, 0.6) is 0 Å². The fourth-order valence-corrected chi connectivity index (χ4v) is 2.86. The molecular weight excluding hydrogens is 392 g/mol. The maximum Gasteiger partial charge on any atom is 0.335 e. The van der Waals surface area contributed by atoms with Crippen molar-refractivity contribution in [3.63, 3.8) is 0 Å². The number of unbranched alkanes of at least 4 members (excludes halogenated alkanes) is 1. The Hall–Kier alpha value is -2.94. The first-order valence-electron chi connectivity index (χ1n) is 9.73. The first kappa shape index (κ1) is 25.1. The molecule has 166 valence electrons. The fourth-order valence-electron chi connectivity index (χ4n) is 2.86. The van der Waals surface area contributed by atoms with Gasteiger partial charge in [-0.1, -0.05) is 12.1 Å². The van der Waals surface area contributed by atoms with Crippen molar-refractivity contribution in [2.24, 2.45) is 5.73 Å². The van der Waals surface area contributed by atoms with E-state index in [4.69, 9.17) is 20.3 Å². The Balaban J connectivity index is 2.42. The van der Waals surface area contributed by atoms with Gasteiger partial charge in [-0.3, -0.25) is 14.4 Å². The molecule has 0 fully saturated rings. The number of likely N-dealkylation sites (N-methyl/N-ethyl adjacent to an activating group) is 1. The Morgan fingerprint density at radius 1 is 1.07 bits per heavy atom. The van der Waals surface area contributed by atoms with E-state index >= 15 is 0 Å². The Labute approximate surface area is 176 Å². The minimum atomic E-state index is -1.01. The zero-order chi connectivity index (χ0) is 22.7. The second-order valence-corrected chi connectivity index (χ2v) is 7.10. The van der Waals surface area contributed by atoms with Crippen molar-refractivity contribution in [2.75, 3.05) is 20.2 Å². The van der Waals surface area contributed by atoms with Gasteiger partial charge in [0.05, 0.1) is 11.6 Å². The van der Waals surface area contributed by atoms with Gasteiger partial charge < -0.3 is 25.2 Å². The summed E-state index contributed by atoms with van der Waals surface area (Å²) in [5, 5.41) is 8.92. The average Bonchev–Trinajstić information content (AvgIpc) is 2.68. The molecule has 1 aromatic rings. The summed E-state index contributed by atoms with van der Waals surface area (Å²) in [4.78, 5) is 47.0. The van der Waals surface area contributed by atoms with Crippen LogP contribution in [0.1, 0.15) is 49.0 Å². The molecule has 0 aliphatic rings. The van der Waals surface area contributed by atoms with Crippen molar-refractivity contribution in [3.8, 4) is 0 Å². The molecule has 9 nitrogen and oxygen atoms in total. The van der Waals surface area contributed by atoms with Crippen LogP contribution in [0.3, 0.4) is 0 Å². The van der Waals surface area contributed by atoms with E-state index in [-0.39, 0.29) is 18.1 Å². The highest BCUT2D eigenvalue weighted by molar-refractivity contribution is 5.87. The Bertz CT molecular complexity index is 733. The lowest BCUT2D eigenvalue weighted by Crippen LogP contribution is -2.43. The van der Waals surface area contributed by atoms with Gasteiger partial charge in [0.15, 0.2) is 0 Å². The predicted molar refractivity (Wildman–Crippen MR) is 109 cm³/mol. The zero-order valence-electron chi connectivity index (χ0n) is 17.6. The molecule has 0 saturated heterocycles. The fraction of sp³-hybridized carbons (Fsp3) is 0.524. The van der Waals surface area contributed by atoms with Gasteiger partial charge in [-0.05, 0) is 43.4 Å². The summed E-state index contributed by atoms with van der Waals surface area (Å²) in [5.74, 6) is -2.11. The number of amides is 1. The summed E-state index contributed by atoms with van der Waals surface area (Å²) in [7, 11) is 1.66. The number of esters is 2. The van der Waals surface area contributed by atoms with Gasteiger partial charge in [0.25, 0.3) is 0 Å². The molecule has 2 unspecified atom stereocenters. The second-order valence-electron chi connectivity index (χ2n) is 7.10. The number of carboxylic acids is 1. The highest BCUT2D eigenvalue weighted by atomic mass is 16.6. The van der Waals surface area contributed by atoms with Crippen LogP contribution in [-0.4, -0.2) is 66.2 Å². The molecule has 2 atom stereocenters. The summed E-state index contributed by atoms with van der Waals surface area (Å²) in [6.07, 6.45) is 1.64. The monoisotopic (exact) mass is 422 g/mol. The van der Waals surface area contributed by atoms with Gasteiger partial charge in [-0.25, -0.2) is 4.79 Å². The maximum absolute atomic E-state index is 12.5. The Morgan fingerprint density at radius 2 is 1.70 bits per heavy atom. The third kappa shape index (κ3) is 9.51. The Kier molecular flexibility index (Phi) is 10.5. The minimum Gasteiger partial charge on any atom is -0.478 e. The van der Waals surface area contributed by atoms with E-state index in [0.717, 1.165) is 5.56 Å². The zero-order valence-corrected chi connectivity index (χ0v) is 17.6. The summed E-state index contributed by atoms with van der Waals surface area (Å²) < 4.78 is 10.0. The normalized spacial score (nSPS) is 12.5. The summed E-state index contributed by atoms with van der Waals surface area (Å²) >= 11 is 0. The number of hydrogen-bond acceptors (Lipinski definition) is 7. The lowest BCUT2D eigenvalue weighted by molar-refractivity contribution is -0.156. The number of aromatic carboxylic acids is 1. The molecule has 1 amide bonds. The van der Waals surface area contributed by atoms with Gasteiger partial charge in [0, 0.05) is 27.4 Å². The van der Waals surface area contributed by atoms with E-state index in [1.165, 1.54) is 26.0 Å². The molecule has 0 radical (unpaired) electrons. The van der Waals surface area contributed by atoms with Crippen LogP contribution in [0.15, 0.2) is 24.3 Å². The number of rotatable bonds is 12. The largest absolute Gasteiger partial charge is 0.478 e. The van der Waals surface area contributed by atoms with Crippen LogP contribution in [-0.2, 0) is 30.3 Å². The maximum atomic E-state index is 12.5. The van der Waals surface area contributed by atoms with Crippen molar-refractivity contribution < 1.29 is 33.8 Å². The molecule has 0 bridgehead atoms. The standard InChI is InChI=1S/C21H30N2O7/c1-14(24)29-13-18(30-15(2)25)6-4-5-11-23(3)20(26)19(22)12-16-7-9-17(10-8-16)21(27)28/h7-10,18-19H,4-6,11-13,22H2,1-3H3,(H,27,28). The number of benzene rings is 1. The van der Waals surface area contributed by atoms with E-state index in [1.54, 1.807) is 24.1 Å². The van der Waals surface area contributed by atoms with Gasteiger partial charge >= 0.3 is 17.9 Å². The number of ether oxygens (including phenoxy) is 2. The number of hydrogen-bond donors (Lipinski definition) is 2. The van der Waals surface area contributed by atoms with Crippen LogP contribution in [0.2, 0.25) is 0 Å². The number of nitrogens with zero attached hydrogens (tertiary/aromatic N) is 1. The van der Waals surface area contributed by atoms with Crippen LogP contribution in [0, 0.1) is 0 Å². The van der Waals surface area contributed by atoms with Gasteiger partial charge in [-0.2, -0.15) is 0 Å². The van der Waals surface area contributed by atoms with Gasteiger partial charge in [-0.15, -0.1) is 0 Å². The molecule has 3 N–H and O–H groups in total. The quantitative estimate of drug-likeness (QED) is 0.381. The first-order chi connectivity index (χ1) is 14.1. The smallest absolute Gasteiger partial charge is 0.335 e. The van der Waals surface area contributed by atoms with E-state index in [1.807, 2.05) is 0 Å². The van der Waals surface area contributed by atoms with Gasteiger partial charge in [0.2, 0.25) is 5.91 Å². The SMILES string of the molecule is CC(=O)OCC(CCCCN(C)C(=O)C(N)Cc1ccc(C(=O)O)cc1)OC(C)=O. The molecule has 30 heavy (non-hydrogen) atoms. The lowest BCUT2D eigenvalue weighted by Gasteiger charge is -2.22. The third-order valence-corrected chi connectivity index (χ3v) is 4.42. The first-order valence-corrected chi connectivity index (χ1v) is 9.73. The summed E-state index contributed by atoms with van der Waals surface area (Å²) in [5.41, 5.74) is 6.97. The van der Waals surface area contributed by atoms with Gasteiger partial charge in [0.1, 0.15) is 12.7 Å². The highest BCUT2D eigenvalue weighted by Crippen LogP contribution is 2.10. The molecular formula is C21H30N2O7. The van der Waals surface area contributed by atoms with E-state index in [9.17, 15) is 19.2 Å². The van der Waals surface area contributed by atoms with Crippen molar-refractivity contribution in [3.05, 3.63) is 35.4 Å². The van der Waals surface area contributed by atoms with Crippen molar-refractivity contribution >= 4 is 23.8 Å². The minimum absolute atomic E-state index is 0.00915. The number of nitrogens with two attached hydrogens (primary N) is 1. The van der Waals surface area contributed by atoms with Crippen molar-refractivity contribution in [1.82, 2.24) is 4.90 Å². The van der Waals surface area contributed by atoms with Crippen molar-refractivity contribution in [1.29, 1.82) is 0 Å². The van der Waals surface area contributed by atoms with Crippen LogP contribution in [0.4, 0.5) is 0 Å². The van der Waals surface area contributed by atoms with E-state index in [0.29, 0.717) is 32.2 Å². The predicted octanol–water partition coefficient (Wildman–Crippen LogP) is 1.38. The third-order valence-electron chi connectivity index (χ3n) is 4.42. The van der Waals surface area contributed by atoms with Crippen LogP contribution in [0.25, 0.3) is 0 Å². The number of carbonyl (C=O) groups is 4. The topological polar surface area (TPSA) is 136 Å². The molecule has 0 aliphatic carbocycles.